The summed E-state index contributed by atoms with van der Waals surface area (Å²) in [7, 11) is 0. The number of hydrogen-bond donors (Lipinski definition) is 2. The fraction of sp³-hybridized carbons (Fsp3) is 0. The van der Waals surface area contributed by atoms with Gasteiger partial charge in [-0.2, -0.15) is 0 Å². The van der Waals surface area contributed by atoms with E-state index in [1.54, 1.807) is 12.1 Å². The van der Waals surface area contributed by atoms with Crippen LogP contribution in [0.5, 0.6) is 11.5 Å². The summed E-state index contributed by atoms with van der Waals surface area (Å²) in [5.41, 5.74) is 0.0794. The fourth-order valence-corrected chi connectivity index (χ4v) is 4.57. The average Bonchev–Trinajstić information content (AvgIpc) is 2.77. The molecule has 2 N–H and O–H groups in total. The maximum atomic E-state index is 14.7. The predicted molar refractivity (Wildman–Crippen MR) is 121 cm³/mol. The van der Waals surface area contributed by atoms with E-state index in [9.17, 15) is 23.8 Å². The third-order valence-corrected chi connectivity index (χ3v) is 6.60. The largest absolute Gasteiger partial charge is 0.508 e. The van der Waals surface area contributed by atoms with Crippen molar-refractivity contribution in [3.63, 3.8) is 0 Å². The quantitative estimate of drug-likeness (QED) is 0.303. The van der Waals surface area contributed by atoms with Gasteiger partial charge in [0.2, 0.25) is 0 Å². The van der Waals surface area contributed by atoms with Gasteiger partial charge in [0.25, 0.3) is 0 Å². The molecule has 0 aliphatic rings. The smallest absolute Gasteiger partial charge is 0.196 e. The Hall–Kier alpha value is -3.29. The fourth-order valence-electron chi connectivity index (χ4n) is 2.93. The Balaban J connectivity index is 1.46. The second-order valence-electron chi connectivity index (χ2n) is 6.81. The van der Waals surface area contributed by atoms with Crippen LogP contribution in [0.3, 0.4) is 0 Å². The highest BCUT2D eigenvalue weighted by molar-refractivity contribution is 7.99. The van der Waals surface area contributed by atoms with Crippen molar-refractivity contribution in [3.8, 4) is 11.5 Å². The van der Waals surface area contributed by atoms with E-state index in [1.165, 1.54) is 59.9 Å². The van der Waals surface area contributed by atoms with Crippen molar-refractivity contribution in [3.05, 3.63) is 108 Å². The number of phenolic OH excluding ortho intramolecular Hbond substituents is 2. The van der Waals surface area contributed by atoms with Gasteiger partial charge < -0.3 is 10.2 Å². The summed E-state index contributed by atoms with van der Waals surface area (Å²) >= 11 is 2.72. The molecule has 32 heavy (non-hydrogen) atoms. The molecule has 0 aliphatic heterocycles. The van der Waals surface area contributed by atoms with E-state index in [4.69, 9.17) is 0 Å². The van der Waals surface area contributed by atoms with Crippen LogP contribution in [0.25, 0.3) is 0 Å². The molecule has 0 saturated carbocycles. The second-order valence-corrected chi connectivity index (χ2v) is 9.07. The first-order chi connectivity index (χ1) is 15.4. The Morgan fingerprint density at radius 3 is 1.88 bits per heavy atom. The molecule has 4 aromatic carbocycles. The third-order valence-electron chi connectivity index (χ3n) is 4.52. The van der Waals surface area contributed by atoms with Gasteiger partial charge in [0.15, 0.2) is 5.78 Å². The summed E-state index contributed by atoms with van der Waals surface area (Å²) < 4.78 is 27.7. The summed E-state index contributed by atoms with van der Waals surface area (Å²) in [4.78, 5) is 15.6. The van der Waals surface area contributed by atoms with Gasteiger partial charge in [-0.1, -0.05) is 23.5 Å². The van der Waals surface area contributed by atoms with Gasteiger partial charge in [-0.15, -0.1) is 0 Å². The molecule has 0 amide bonds. The molecule has 0 unspecified atom stereocenters. The van der Waals surface area contributed by atoms with Crippen LogP contribution in [0.1, 0.15) is 15.9 Å². The summed E-state index contributed by atoms with van der Waals surface area (Å²) in [5, 5.41) is 19.2. The van der Waals surface area contributed by atoms with Crippen molar-refractivity contribution in [2.75, 3.05) is 0 Å². The zero-order valence-corrected chi connectivity index (χ0v) is 18.1. The van der Waals surface area contributed by atoms with Gasteiger partial charge in [-0.25, -0.2) is 8.78 Å². The molecule has 0 spiro atoms. The predicted octanol–water partition coefficient (Wildman–Crippen LogP) is 6.91. The lowest BCUT2D eigenvalue weighted by Crippen LogP contribution is -2.02. The molecule has 0 saturated heterocycles. The van der Waals surface area contributed by atoms with E-state index >= 15 is 0 Å². The maximum Gasteiger partial charge on any atom is 0.196 e. The number of carbonyl (C=O) groups is 1. The highest BCUT2D eigenvalue weighted by atomic mass is 32.2. The Morgan fingerprint density at radius 1 is 0.688 bits per heavy atom. The van der Waals surface area contributed by atoms with E-state index in [1.807, 2.05) is 24.3 Å². The molecule has 0 radical (unpaired) electrons. The van der Waals surface area contributed by atoms with E-state index in [0.717, 1.165) is 26.8 Å². The molecule has 0 heterocycles. The van der Waals surface area contributed by atoms with Gasteiger partial charge in [-0.05, 0) is 78.9 Å². The Kier molecular flexibility index (Phi) is 6.48. The summed E-state index contributed by atoms with van der Waals surface area (Å²) in [6.45, 7) is 0. The first-order valence-electron chi connectivity index (χ1n) is 9.46. The van der Waals surface area contributed by atoms with Crippen molar-refractivity contribution in [1.29, 1.82) is 0 Å². The Labute approximate surface area is 191 Å². The van der Waals surface area contributed by atoms with Gasteiger partial charge in [0.1, 0.15) is 23.1 Å². The molecular formula is C25H16F2O3S2. The molecule has 0 aromatic heterocycles. The number of halogens is 2. The zero-order valence-electron chi connectivity index (χ0n) is 16.5. The number of ketones is 1. The van der Waals surface area contributed by atoms with Gasteiger partial charge >= 0.3 is 0 Å². The first-order valence-corrected chi connectivity index (χ1v) is 11.1. The Bertz CT molecular complexity index is 1270. The molecule has 0 atom stereocenters. The van der Waals surface area contributed by atoms with Crippen LogP contribution in [0.15, 0.2) is 105 Å². The van der Waals surface area contributed by atoms with Crippen LogP contribution < -0.4 is 0 Å². The summed E-state index contributed by atoms with van der Waals surface area (Å²) in [6.07, 6.45) is 0. The monoisotopic (exact) mass is 466 g/mol. The van der Waals surface area contributed by atoms with Gasteiger partial charge in [0.05, 0.1) is 5.56 Å². The first kappa shape index (κ1) is 21.9. The zero-order chi connectivity index (χ0) is 22.7. The third kappa shape index (κ3) is 5.12. The van der Waals surface area contributed by atoms with Crippen LogP contribution in [-0.2, 0) is 0 Å². The number of phenols is 2. The lowest BCUT2D eigenvalue weighted by atomic mass is 10.0. The minimum Gasteiger partial charge on any atom is -0.508 e. The van der Waals surface area contributed by atoms with E-state index in [2.05, 4.69) is 0 Å². The van der Waals surface area contributed by atoms with E-state index in [0.29, 0.717) is 4.90 Å². The Morgan fingerprint density at radius 2 is 1.28 bits per heavy atom. The normalized spacial score (nSPS) is 10.8. The van der Waals surface area contributed by atoms with E-state index in [-0.39, 0.29) is 28.4 Å². The lowest BCUT2D eigenvalue weighted by molar-refractivity contribution is 0.103. The SMILES string of the molecule is O=C(c1ccc(Sc2ccc(Sc3ccc(F)cc3)cc2)c(F)c1)c1ccc(O)cc1O. The van der Waals surface area contributed by atoms with Gasteiger partial charge in [-0.3, -0.25) is 4.79 Å². The molecule has 0 fully saturated rings. The minimum atomic E-state index is -0.552. The molecule has 7 heteroatoms. The van der Waals surface area contributed by atoms with Crippen LogP contribution in [0.2, 0.25) is 0 Å². The molecule has 0 aliphatic carbocycles. The number of rotatable bonds is 6. The number of benzene rings is 4. The molecule has 3 nitrogen and oxygen atoms in total. The number of aromatic hydroxyl groups is 2. The minimum absolute atomic E-state index is 0.0168. The topological polar surface area (TPSA) is 57.5 Å². The summed E-state index contributed by atoms with van der Waals surface area (Å²) in [6, 6.07) is 21.6. The molecule has 0 bridgehead atoms. The standard InChI is InChI=1S/C25H16F2O3S2/c26-16-2-5-18(6-3-16)31-19-7-9-20(10-8-19)32-24-12-1-15(13-22(24)27)25(30)21-11-4-17(28)14-23(21)29/h1-14,28-29H. The molecule has 4 aromatic rings. The number of hydrogen-bond acceptors (Lipinski definition) is 5. The van der Waals surface area contributed by atoms with Crippen LogP contribution in [0.4, 0.5) is 8.78 Å². The van der Waals surface area contributed by atoms with Crippen molar-refractivity contribution >= 4 is 29.3 Å². The van der Waals surface area contributed by atoms with Crippen molar-refractivity contribution in [2.24, 2.45) is 0 Å². The van der Waals surface area contributed by atoms with E-state index < -0.39 is 11.6 Å². The van der Waals surface area contributed by atoms with Crippen LogP contribution in [0, 0.1) is 11.6 Å². The van der Waals surface area contributed by atoms with Crippen LogP contribution in [-0.4, -0.2) is 16.0 Å². The molecule has 4 rings (SSSR count). The highest BCUT2D eigenvalue weighted by Gasteiger charge is 2.16. The second kappa shape index (κ2) is 9.46. The number of carbonyl (C=O) groups excluding carboxylic acids is 1. The van der Waals surface area contributed by atoms with Crippen LogP contribution >= 0.6 is 23.5 Å². The maximum absolute atomic E-state index is 14.7. The molecule has 160 valence electrons. The molecular weight excluding hydrogens is 450 g/mol. The van der Waals surface area contributed by atoms with Crippen molar-refractivity contribution < 1.29 is 23.8 Å². The summed E-state index contributed by atoms with van der Waals surface area (Å²) in [5.74, 6) is -1.91. The van der Waals surface area contributed by atoms with Crippen molar-refractivity contribution in [2.45, 2.75) is 19.6 Å². The lowest BCUT2D eigenvalue weighted by Gasteiger charge is -2.08. The van der Waals surface area contributed by atoms with Crippen molar-refractivity contribution in [1.82, 2.24) is 0 Å². The van der Waals surface area contributed by atoms with Gasteiger partial charge in [0, 0.05) is 31.2 Å². The highest BCUT2D eigenvalue weighted by Crippen LogP contribution is 2.34. The average molecular weight is 467 g/mol.